The number of hydrogen-bond acceptors (Lipinski definition) is 4. The molecule has 0 aliphatic carbocycles. The van der Waals surface area contributed by atoms with Crippen molar-refractivity contribution in [1.29, 1.82) is 0 Å². The average molecular weight is 295 g/mol. The first-order valence-electron chi connectivity index (χ1n) is 5.96. The molecule has 0 radical (unpaired) electrons. The van der Waals surface area contributed by atoms with Gasteiger partial charge < -0.3 is 10.4 Å². The van der Waals surface area contributed by atoms with E-state index in [1.54, 1.807) is 0 Å². The van der Waals surface area contributed by atoms with Crippen LogP contribution in [-0.2, 0) is 6.54 Å². The molecule has 6 nitrogen and oxygen atoms in total. The van der Waals surface area contributed by atoms with Crippen LogP contribution in [0.3, 0.4) is 0 Å². The topological polar surface area (TPSA) is 84.2 Å². The number of aromatic nitrogens is 2. The van der Waals surface area contributed by atoms with E-state index in [0.29, 0.717) is 0 Å². The van der Waals surface area contributed by atoms with Crippen molar-refractivity contribution >= 4 is 11.7 Å². The van der Waals surface area contributed by atoms with Gasteiger partial charge in [0.05, 0.1) is 18.7 Å². The monoisotopic (exact) mass is 295 g/mol. The Hall–Kier alpha value is -2.61. The van der Waals surface area contributed by atoms with Crippen molar-refractivity contribution in [2.24, 2.45) is 0 Å². The highest BCUT2D eigenvalue weighted by molar-refractivity contribution is 6.03. The smallest absolute Gasteiger partial charge is 0.349 e. The molecule has 0 unspecified atom stereocenters. The summed E-state index contributed by atoms with van der Waals surface area (Å²) in [4.78, 5) is 26.7. The summed E-state index contributed by atoms with van der Waals surface area (Å²) in [6, 6.07) is 5.15. The Bertz CT molecular complexity index is 731. The molecule has 1 aromatic heterocycles. The fourth-order valence-corrected chi connectivity index (χ4v) is 1.64. The van der Waals surface area contributed by atoms with Gasteiger partial charge in [0, 0.05) is 6.20 Å². The minimum absolute atomic E-state index is 0.121. The molecule has 8 heteroatoms. The summed E-state index contributed by atoms with van der Waals surface area (Å²) in [6.45, 7) is -0.480. The van der Waals surface area contributed by atoms with Gasteiger partial charge >= 0.3 is 5.69 Å². The Balaban J connectivity index is 2.28. The number of amides is 1. The van der Waals surface area contributed by atoms with E-state index in [9.17, 15) is 18.4 Å². The first-order chi connectivity index (χ1) is 10.0. The summed E-state index contributed by atoms with van der Waals surface area (Å²) < 4.78 is 28.0. The number of hydrogen-bond donors (Lipinski definition) is 2. The zero-order valence-electron chi connectivity index (χ0n) is 10.7. The molecule has 21 heavy (non-hydrogen) atoms. The predicted octanol–water partition coefficient (Wildman–Crippen LogP) is 0.766. The van der Waals surface area contributed by atoms with Gasteiger partial charge in [0.2, 0.25) is 0 Å². The maximum absolute atomic E-state index is 13.7. The number of nitrogens with one attached hydrogen (secondary N) is 1. The predicted molar refractivity (Wildman–Crippen MR) is 69.9 cm³/mol. The van der Waals surface area contributed by atoms with Crippen LogP contribution >= 0.6 is 0 Å². The Kier molecular flexibility index (Phi) is 4.39. The number of nitrogens with zero attached hydrogens (tertiary/aromatic N) is 2. The molecule has 0 saturated carbocycles. The number of aliphatic hydroxyl groups excluding tert-OH is 1. The van der Waals surface area contributed by atoms with Gasteiger partial charge in [-0.3, -0.25) is 9.36 Å². The maximum Gasteiger partial charge on any atom is 0.349 e. The molecule has 1 heterocycles. The average Bonchev–Trinajstić information content (AvgIpc) is 2.45. The lowest BCUT2D eigenvalue weighted by atomic mass is 10.2. The van der Waals surface area contributed by atoms with Gasteiger partial charge in [-0.05, 0) is 12.1 Å². The van der Waals surface area contributed by atoms with Gasteiger partial charge in [0.15, 0.2) is 11.6 Å². The molecule has 2 rings (SSSR count). The summed E-state index contributed by atoms with van der Waals surface area (Å²) >= 11 is 0. The lowest BCUT2D eigenvalue weighted by molar-refractivity contribution is 0.102. The fraction of sp³-hybridized carbons (Fsp3) is 0.154. The fourth-order valence-electron chi connectivity index (χ4n) is 1.64. The molecule has 1 amide bonds. The van der Waals surface area contributed by atoms with E-state index in [0.717, 1.165) is 16.8 Å². The lowest BCUT2D eigenvalue weighted by Crippen LogP contribution is -2.27. The van der Waals surface area contributed by atoms with Crippen LogP contribution in [-0.4, -0.2) is 27.2 Å². The number of aliphatic hydroxyl groups is 1. The van der Waals surface area contributed by atoms with Crippen LogP contribution in [0.1, 0.15) is 10.4 Å². The summed E-state index contributed by atoms with van der Waals surface area (Å²) in [7, 11) is 0. The van der Waals surface area contributed by atoms with E-state index >= 15 is 0 Å². The van der Waals surface area contributed by atoms with Crippen LogP contribution in [0.5, 0.6) is 0 Å². The SMILES string of the molecule is O=C(Nc1nc(=O)n(CCO)cc1F)c1ccccc1F. The number of halogens is 2. The van der Waals surface area contributed by atoms with Crippen LogP contribution < -0.4 is 11.0 Å². The normalized spacial score (nSPS) is 10.4. The summed E-state index contributed by atoms with van der Waals surface area (Å²) in [5.74, 6) is -3.25. The van der Waals surface area contributed by atoms with Gasteiger partial charge in [0.1, 0.15) is 5.82 Å². The number of benzene rings is 1. The first kappa shape index (κ1) is 14.8. The van der Waals surface area contributed by atoms with E-state index in [1.807, 2.05) is 5.32 Å². The highest BCUT2D eigenvalue weighted by Crippen LogP contribution is 2.11. The van der Waals surface area contributed by atoms with E-state index in [1.165, 1.54) is 18.2 Å². The van der Waals surface area contributed by atoms with Gasteiger partial charge in [-0.2, -0.15) is 4.98 Å². The number of carbonyl (C=O) groups is 1. The van der Waals surface area contributed by atoms with E-state index in [4.69, 9.17) is 5.11 Å². The van der Waals surface area contributed by atoms with Gasteiger partial charge in [-0.15, -0.1) is 0 Å². The third-order valence-corrected chi connectivity index (χ3v) is 2.64. The Morgan fingerprint density at radius 3 is 2.67 bits per heavy atom. The van der Waals surface area contributed by atoms with Crippen LogP contribution in [0.15, 0.2) is 35.3 Å². The molecular formula is C13H11F2N3O3. The molecule has 0 aliphatic rings. The zero-order chi connectivity index (χ0) is 15.4. The molecule has 0 spiro atoms. The second kappa shape index (κ2) is 6.23. The van der Waals surface area contributed by atoms with Crippen LogP contribution in [0.25, 0.3) is 0 Å². The van der Waals surface area contributed by atoms with E-state index in [-0.39, 0.29) is 18.7 Å². The second-order valence-corrected chi connectivity index (χ2v) is 4.07. The third-order valence-electron chi connectivity index (χ3n) is 2.64. The van der Waals surface area contributed by atoms with Gasteiger partial charge in [0.25, 0.3) is 5.91 Å². The molecule has 2 N–H and O–H groups in total. The first-order valence-corrected chi connectivity index (χ1v) is 5.96. The van der Waals surface area contributed by atoms with Crippen molar-refractivity contribution in [3.8, 4) is 0 Å². The highest BCUT2D eigenvalue weighted by Gasteiger charge is 2.15. The van der Waals surface area contributed by atoms with Crippen molar-refractivity contribution in [2.75, 3.05) is 11.9 Å². The summed E-state index contributed by atoms with van der Waals surface area (Å²) in [6.07, 6.45) is 0.808. The van der Waals surface area contributed by atoms with Gasteiger partial charge in [-0.1, -0.05) is 12.1 Å². The highest BCUT2D eigenvalue weighted by atomic mass is 19.1. The van der Waals surface area contributed by atoms with Crippen LogP contribution in [0, 0.1) is 11.6 Å². The van der Waals surface area contributed by atoms with Crippen LogP contribution in [0.4, 0.5) is 14.6 Å². The maximum atomic E-state index is 13.7. The van der Waals surface area contributed by atoms with E-state index < -0.39 is 29.0 Å². The van der Waals surface area contributed by atoms with Crippen molar-refractivity contribution < 1.29 is 18.7 Å². The minimum Gasteiger partial charge on any atom is -0.395 e. The van der Waals surface area contributed by atoms with Gasteiger partial charge in [-0.25, -0.2) is 13.6 Å². The molecule has 110 valence electrons. The van der Waals surface area contributed by atoms with Crippen molar-refractivity contribution in [3.05, 3.63) is 58.1 Å². The number of anilines is 1. The van der Waals surface area contributed by atoms with Crippen molar-refractivity contribution in [3.63, 3.8) is 0 Å². The Morgan fingerprint density at radius 2 is 2.00 bits per heavy atom. The summed E-state index contributed by atoms with van der Waals surface area (Å²) in [5.41, 5.74) is -1.13. The van der Waals surface area contributed by atoms with E-state index in [2.05, 4.69) is 4.98 Å². The standard InChI is InChI=1S/C13H11F2N3O3/c14-9-4-2-1-3-8(9)12(20)16-11-10(15)7-18(5-6-19)13(21)17-11/h1-4,7,19H,5-6H2,(H,16,17,20,21). The molecule has 0 atom stereocenters. The molecule has 0 saturated heterocycles. The molecule has 0 bridgehead atoms. The number of carbonyl (C=O) groups excluding carboxylic acids is 1. The second-order valence-electron chi connectivity index (χ2n) is 4.07. The molecule has 0 fully saturated rings. The lowest BCUT2D eigenvalue weighted by Gasteiger charge is -2.08. The minimum atomic E-state index is -0.965. The largest absolute Gasteiger partial charge is 0.395 e. The molecular weight excluding hydrogens is 284 g/mol. The molecule has 0 aliphatic heterocycles. The third kappa shape index (κ3) is 3.29. The quantitative estimate of drug-likeness (QED) is 0.872. The Morgan fingerprint density at radius 1 is 1.29 bits per heavy atom. The van der Waals surface area contributed by atoms with Crippen molar-refractivity contribution in [1.82, 2.24) is 9.55 Å². The zero-order valence-corrected chi connectivity index (χ0v) is 10.7. The Labute approximate surface area is 117 Å². The summed E-state index contributed by atoms with van der Waals surface area (Å²) in [5, 5.41) is 10.7. The molecule has 1 aromatic carbocycles. The van der Waals surface area contributed by atoms with Crippen LogP contribution in [0.2, 0.25) is 0 Å². The number of rotatable bonds is 4. The van der Waals surface area contributed by atoms with Crippen molar-refractivity contribution in [2.45, 2.75) is 6.54 Å². The molecule has 2 aromatic rings.